The highest BCUT2D eigenvalue weighted by atomic mass is 32.1. The van der Waals surface area contributed by atoms with Gasteiger partial charge < -0.3 is 4.74 Å². The van der Waals surface area contributed by atoms with Crippen LogP contribution in [0.15, 0.2) is 17.6 Å². The van der Waals surface area contributed by atoms with Gasteiger partial charge in [0.1, 0.15) is 12.9 Å². The first-order chi connectivity index (χ1) is 7.02. The second-order valence-corrected chi connectivity index (χ2v) is 5.45. The van der Waals surface area contributed by atoms with Crippen LogP contribution in [0.5, 0.6) is 5.75 Å². The number of aromatic nitrogens is 1. The molecule has 0 N–H and O–H groups in total. The highest BCUT2D eigenvalue weighted by Crippen LogP contribution is 2.35. The summed E-state index contributed by atoms with van der Waals surface area (Å²) in [5.74, 6) is 0.847. The third-order valence-corrected chi connectivity index (χ3v) is 3.19. The Morgan fingerprint density at radius 1 is 1.33 bits per heavy atom. The second-order valence-electron chi connectivity index (χ2n) is 4.56. The van der Waals surface area contributed by atoms with Gasteiger partial charge in [0.25, 0.3) is 0 Å². The fourth-order valence-corrected chi connectivity index (χ4v) is 2.28. The zero-order chi connectivity index (χ0) is 11.1. The minimum atomic E-state index is 0.0465. The lowest BCUT2D eigenvalue weighted by atomic mass is 9.86. The largest absolute Gasteiger partial charge is 0.490 e. The van der Waals surface area contributed by atoms with Crippen LogP contribution in [0.1, 0.15) is 26.3 Å². The number of benzene rings is 1. The Labute approximate surface area is 93.9 Å². The molecule has 0 amide bonds. The number of thiazole rings is 1. The van der Waals surface area contributed by atoms with Gasteiger partial charge in [0.05, 0.1) is 15.7 Å². The molecule has 3 heteroatoms. The number of hydrogen-bond acceptors (Lipinski definition) is 3. The van der Waals surface area contributed by atoms with Crippen molar-refractivity contribution in [2.24, 2.45) is 0 Å². The quantitative estimate of drug-likeness (QED) is 0.730. The van der Waals surface area contributed by atoms with E-state index in [4.69, 9.17) is 4.74 Å². The Hall–Kier alpha value is -1.09. The fourth-order valence-electron chi connectivity index (χ4n) is 1.59. The van der Waals surface area contributed by atoms with Crippen molar-refractivity contribution < 1.29 is 4.74 Å². The lowest BCUT2D eigenvalue weighted by molar-refractivity contribution is 0.448. The van der Waals surface area contributed by atoms with Crippen molar-refractivity contribution in [3.63, 3.8) is 0 Å². The van der Waals surface area contributed by atoms with Gasteiger partial charge in [0.15, 0.2) is 0 Å². The van der Waals surface area contributed by atoms with Crippen molar-refractivity contribution in [2.45, 2.75) is 26.2 Å². The van der Waals surface area contributed by atoms with Crippen LogP contribution in [0, 0.1) is 7.11 Å². The molecule has 0 fully saturated rings. The Morgan fingerprint density at radius 3 is 2.67 bits per heavy atom. The van der Waals surface area contributed by atoms with E-state index in [-0.39, 0.29) is 5.41 Å². The van der Waals surface area contributed by atoms with Gasteiger partial charge >= 0.3 is 0 Å². The average Bonchev–Trinajstić information content (AvgIpc) is 2.60. The third-order valence-electron chi connectivity index (χ3n) is 2.40. The van der Waals surface area contributed by atoms with E-state index in [9.17, 15) is 0 Å². The molecule has 1 radical (unpaired) electrons. The average molecular weight is 220 g/mol. The Balaban J connectivity index is 2.70. The van der Waals surface area contributed by atoms with E-state index in [1.54, 1.807) is 11.3 Å². The molecular formula is C12H14NOS. The van der Waals surface area contributed by atoms with E-state index in [0.717, 1.165) is 21.5 Å². The highest BCUT2D eigenvalue weighted by Gasteiger charge is 2.20. The molecule has 0 spiro atoms. The second kappa shape index (κ2) is 3.49. The Bertz CT molecular complexity index is 482. The summed E-state index contributed by atoms with van der Waals surface area (Å²) < 4.78 is 6.32. The highest BCUT2D eigenvalue weighted by molar-refractivity contribution is 7.16. The zero-order valence-electron chi connectivity index (χ0n) is 9.20. The van der Waals surface area contributed by atoms with Crippen LogP contribution in [0.25, 0.3) is 10.2 Å². The molecule has 0 aliphatic rings. The summed E-state index contributed by atoms with van der Waals surface area (Å²) in [5, 5.41) is 0. The lowest BCUT2D eigenvalue weighted by Gasteiger charge is -2.21. The zero-order valence-corrected chi connectivity index (χ0v) is 10.0. The van der Waals surface area contributed by atoms with Gasteiger partial charge in [-0.2, -0.15) is 0 Å². The number of hydrogen-bond donors (Lipinski definition) is 0. The molecule has 2 aromatic rings. The molecule has 15 heavy (non-hydrogen) atoms. The topological polar surface area (TPSA) is 22.1 Å². The number of rotatable bonds is 1. The maximum atomic E-state index is 5.18. The number of ether oxygens (including phenoxy) is 1. The van der Waals surface area contributed by atoms with E-state index in [1.165, 1.54) is 0 Å². The first kappa shape index (κ1) is 10.4. The van der Waals surface area contributed by atoms with Crippen molar-refractivity contribution in [1.82, 2.24) is 4.98 Å². The Morgan fingerprint density at radius 2 is 2.07 bits per heavy atom. The van der Waals surface area contributed by atoms with Crippen molar-refractivity contribution >= 4 is 21.6 Å². The van der Waals surface area contributed by atoms with Crippen LogP contribution >= 0.6 is 11.3 Å². The van der Waals surface area contributed by atoms with Crippen molar-refractivity contribution in [2.75, 3.05) is 0 Å². The molecule has 1 aromatic carbocycles. The van der Waals surface area contributed by atoms with Crippen LogP contribution in [0.4, 0.5) is 0 Å². The lowest BCUT2D eigenvalue weighted by Crippen LogP contribution is -2.12. The van der Waals surface area contributed by atoms with E-state index >= 15 is 0 Å². The van der Waals surface area contributed by atoms with Crippen molar-refractivity contribution in [3.8, 4) is 5.75 Å². The molecule has 0 saturated heterocycles. The molecular weight excluding hydrogens is 206 g/mol. The van der Waals surface area contributed by atoms with Gasteiger partial charge in [0.2, 0.25) is 0 Å². The summed E-state index contributed by atoms with van der Waals surface area (Å²) >= 11 is 1.62. The van der Waals surface area contributed by atoms with Crippen LogP contribution < -0.4 is 4.74 Å². The molecule has 0 saturated carbocycles. The van der Waals surface area contributed by atoms with Gasteiger partial charge in [-0.1, -0.05) is 20.8 Å². The standard InChI is InChI=1S/C12H14NOS/c1-12(2,3)8-5-9-11(15-7-13-9)6-10(8)14-4/h5-7H,4H2,1-3H3. The van der Waals surface area contributed by atoms with Crippen LogP contribution in [0.3, 0.4) is 0 Å². The minimum Gasteiger partial charge on any atom is -0.490 e. The van der Waals surface area contributed by atoms with Gasteiger partial charge in [0, 0.05) is 5.56 Å². The molecule has 79 valence electrons. The van der Waals surface area contributed by atoms with Crippen LogP contribution in [-0.4, -0.2) is 4.98 Å². The summed E-state index contributed by atoms with van der Waals surface area (Å²) in [5.41, 5.74) is 4.08. The van der Waals surface area contributed by atoms with Gasteiger partial charge in [-0.25, -0.2) is 4.98 Å². The number of fused-ring (bicyclic) bond motifs is 1. The van der Waals surface area contributed by atoms with Gasteiger partial charge in [-0.05, 0) is 17.5 Å². The first-order valence-electron chi connectivity index (χ1n) is 4.82. The van der Waals surface area contributed by atoms with Crippen molar-refractivity contribution in [1.29, 1.82) is 0 Å². The summed E-state index contributed by atoms with van der Waals surface area (Å²) in [6.07, 6.45) is 0. The van der Waals surface area contributed by atoms with Crippen LogP contribution in [-0.2, 0) is 5.41 Å². The Kier molecular flexibility index (Phi) is 2.43. The maximum absolute atomic E-state index is 5.18. The molecule has 0 aliphatic carbocycles. The molecule has 1 heterocycles. The van der Waals surface area contributed by atoms with E-state index in [2.05, 4.69) is 38.9 Å². The third kappa shape index (κ3) is 1.84. The smallest absolute Gasteiger partial charge is 0.124 e. The molecule has 0 atom stereocenters. The molecule has 2 nitrogen and oxygen atoms in total. The normalized spacial score (nSPS) is 12.0. The molecule has 0 unspecified atom stereocenters. The molecule has 2 rings (SSSR count). The summed E-state index contributed by atoms with van der Waals surface area (Å²) in [4.78, 5) is 4.31. The first-order valence-corrected chi connectivity index (χ1v) is 5.70. The SMILES string of the molecule is [CH2]Oc1cc2scnc2cc1C(C)(C)C. The summed E-state index contributed by atoms with van der Waals surface area (Å²) in [6.45, 7) is 6.47. The summed E-state index contributed by atoms with van der Waals surface area (Å²) in [7, 11) is 3.51. The summed E-state index contributed by atoms with van der Waals surface area (Å²) in [6, 6.07) is 4.10. The van der Waals surface area contributed by atoms with Crippen molar-refractivity contribution in [3.05, 3.63) is 30.3 Å². The van der Waals surface area contributed by atoms with Gasteiger partial charge in [-0.3, -0.25) is 0 Å². The van der Waals surface area contributed by atoms with Crippen LogP contribution in [0.2, 0.25) is 0 Å². The minimum absolute atomic E-state index is 0.0465. The molecule has 1 aromatic heterocycles. The van der Waals surface area contributed by atoms with E-state index in [1.807, 2.05) is 11.6 Å². The molecule has 0 bridgehead atoms. The predicted molar refractivity (Wildman–Crippen MR) is 64.3 cm³/mol. The molecule has 0 aliphatic heterocycles. The number of nitrogens with zero attached hydrogens (tertiary/aromatic N) is 1. The monoisotopic (exact) mass is 220 g/mol. The fraction of sp³-hybridized carbons (Fsp3) is 0.333. The van der Waals surface area contributed by atoms with E-state index < -0.39 is 0 Å². The maximum Gasteiger partial charge on any atom is 0.124 e. The van der Waals surface area contributed by atoms with E-state index in [0.29, 0.717) is 0 Å². The predicted octanol–water partition coefficient (Wildman–Crippen LogP) is 3.76. The van der Waals surface area contributed by atoms with Gasteiger partial charge in [-0.15, -0.1) is 11.3 Å².